The number of nitrogens with zero attached hydrogens (tertiary/aromatic N) is 4. The minimum Gasteiger partial charge on any atom is -0.492 e. The Kier molecular flexibility index (Phi) is 6.01. The fourth-order valence-corrected chi connectivity index (χ4v) is 3.85. The summed E-state index contributed by atoms with van der Waals surface area (Å²) in [6, 6.07) is 8.51. The van der Waals surface area contributed by atoms with Gasteiger partial charge in [0.15, 0.2) is 0 Å². The summed E-state index contributed by atoms with van der Waals surface area (Å²) >= 11 is 0. The Labute approximate surface area is 180 Å². The largest absolute Gasteiger partial charge is 0.492 e. The number of aryl methyl sites for hydroxylation is 1. The third kappa shape index (κ3) is 4.17. The Morgan fingerprint density at radius 2 is 1.97 bits per heavy atom. The maximum absolute atomic E-state index is 14.0. The van der Waals surface area contributed by atoms with Gasteiger partial charge in [0.05, 0.1) is 12.3 Å². The van der Waals surface area contributed by atoms with Crippen molar-refractivity contribution in [1.29, 1.82) is 0 Å². The van der Waals surface area contributed by atoms with Gasteiger partial charge < -0.3 is 20.6 Å². The Morgan fingerprint density at radius 3 is 2.74 bits per heavy atom. The van der Waals surface area contributed by atoms with Gasteiger partial charge in [0, 0.05) is 73.0 Å². The molecule has 162 valence electrons. The van der Waals surface area contributed by atoms with E-state index in [-0.39, 0.29) is 5.82 Å². The average Bonchev–Trinajstić information content (AvgIpc) is 3.29. The Morgan fingerprint density at radius 1 is 1.13 bits per heavy atom. The number of nitrogens with two attached hydrogens (primary N) is 2. The predicted octanol–water partition coefficient (Wildman–Crippen LogP) is 2.76. The highest BCUT2D eigenvalue weighted by molar-refractivity contribution is 5.71. The van der Waals surface area contributed by atoms with E-state index in [2.05, 4.69) is 10.1 Å². The molecule has 0 saturated heterocycles. The molecule has 3 aromatic heterocycles. The number of halogens is 1. The summed E-state index contributed by atoms with van der Waals surface area (Å²) < 4.78 is 23.9. The molecule has 0 spiro atoms. The van der Waals surface area contributed by atoms with Crippen LogP contribution >= 0.6 is 0 Å². The van der Waals surface area contributed by atoms with E-state index in [0.717, 1.165) is 45.8 Å². The van der Waals surface area contributed by atoms with E-state index in [9.17, 15) is 4.39 Å². The Balaban J connectivity index is 1.61. The van der Waals surface area contributed by atoms with Gasteiger partial charge in [-0.1, -0.05) is 0 Å². The molecule has 0 atom stereocenters. The van der Waals surface area contributed by atoms with Crippen molar-refractivity contribution in [3.8, 4) is 16.9 Å². The first kappa shape index (κ1) is 21.0. The van der Waals surface area contributed by atoms with Gasteiger partial charge in [0.25, 0.3) is 0 Å². The molecule has 0 unspecified atom stereocenters. The lowest BCUT2D eigenvalue weighted by molar-refractivity contribution is 0.321. The maximum atomic E-state index is 14.0. The van der Waals surface area contributed by atoms with Crippen LogP contribution in [0, 0.1) is 12.7 Å². The molecule has 3 heterocycles. The van der Waals surface area contributed by atoms with Crippen molar-refractivity contribution in [3.05, 3.63) is 71.2 Å². The first-order valence-electron chi connectivity index (χ1n) is 10.3. The SMILES string of the molecule is Cc1c(CCOc2cc(F)ccc2-c2ccc3ncc(CCN)n3c2)c(CN)nn1C. The van der Waals surface area contributed by atoms with Gasteiger partial charge in [-0.25, -0.2) is 9.37 Å². The normalized spacial score (nSPS) is 11.4. The number of hydrogen-bond donors (Lipinski definition) is 2. The lowest BCUT2D eigenvalue weighted by atomic mass is 10.1. The molecule has 0 fully saturated rings. The molecule has 7 nitrogen and oxygen atoms in total. The van der Waals surface area contributed by atoms with Crippen LogP contribution in [-0.4, -0.2) is 32.3 Å². The van der Waals surface area contributed by atoms with Crippen LogP contribution in [0.1, 0.15) is 22.6 Å². The van der Waals surface area contributed by atoms with Gasteiger partial charge in [0.1, 0.15) is 17.2 Å². The van der Waals surface area contributed by atoms with Crippen LogP contribution in [0.3, 0.4) is 0 Å². The smallest absolute Gasteiger partial charge is 0.136 e. The highest BCUT2D eigenvalue weighted by atomic mass is 19.1. The minimum absolute atomic E-state index is 0.341. The van der Waals surface area contributed by atoms with Crippen molar-refractivity contribution in [2.24, 2.45) is 18.5 Å². The number of imidazole rings is 1. The summed E-state index contributed by atoms with van der Waals surface area (Å²) in [5.41, 5.74) is 18.2. The molecule has 4 N–H and O–H groups in total. The van der Waals surface area contributed by atoms with E-state index in [1.807, 2.05) is 47.6 Å². The minimum atomic E-state index is -0.341. The van der Waals surface area contributed by atoms with Crippen LogP contribution in [-0.2, 0) is 26.4 Å². The monoisotopic (exact) mass is 422 g/mol. The second-order valence-corrected chi connectivity index (χ2v) is 7.51. The van der Waals surface area contributed by atoms with E-state index in [4.69, 9.17) is 16.2 Å². The molecule has 0 aliphatic heterocycles. The number of pyridine rings is 1. The van der Waals surface area contributed by atoms with Gasteiger partial charge in [-0.15, -0.1) is 0 Å². The van der Waals surface area contributed by atoms with Gasteiger partial charge in [-0.2, -0.15) is 5.10 Å². The van der Waals surface area contributed by atoms with Crippen molar-refractivity contribution in [3.63, 3.8) is 0 Å². The summed E-state index contributed by atoms with van der Waals surface area (Å²) in [7, 11) is 1.90. The summed E-state index contributed by atoms with van der Waals surface area (Å²) in [5, 5.41) is 4.44. The molecule has 1 aromatic carbocycles. The average molecular weight is 423 g/mol. The molecule has 0 bridgehead atoms. The van der Waals surface area contributed by atoms with Crippen molar-refractivity contribution in [1.82, 2.24) is 19.2 Å². The van der Waals surface area contributed by atoms with Crippen molar-refractivity contribution in [2.75, 3.05) is 13.2 Å². The molecular formula is C23H27FN6O. The second-order valence-electron chi connectivity index (χ2n) is 7.51. The van der Waals surface area contributed by atoms with E-state index >= 15 is 0 Å². The van der Waals surface area contributed by atoms with E-state index in [0.29, 0.717) is 31.9 Å². The van der Waals surface area contributed by atoms with Crippen LogP contribution < -0.4 is 16.2 Å². The van der Waals surface area contributed by atoms with Crippen molar-refractivity contribution in [2.45, 2.75) is 26.3 Å². The molecule has 31 heavy (non-hydrogen) atoms. The van der Waals surface area contributed by atoms with Crippen LogP contribution in [0.5, 0.6) is 5.75 Å². The number of aromatic nitrogens is 4. The second kappa shape index (κ2) is 8.87. The van der Waals surface area contributed by atoms with Crippen molar-refractivity contribution >= 4 is 5.65 Å². The number of fused-ring (bicyclic) bond motifs is 1. The molecule has 0 aliphatic rings. The van der Waals surface area contributed by atoms with E-state index in [1.165, 1.54) is 12.1 Å². The molecule has 4 aromatic rings. The molecule has 8 heteroatoms. The summed E-state index contributed by atoms with van der Waals surface area (Å²) in [6.45, 7) is 3.32. The number of benzene rings is 1. The van der Waals surface area contributed by atoms with Crippen LogP contribution in [0.25, 0.3) is 16.8 Å². The van der Waals surface area contributed by atoms with Gasteiger partial charge in [0.2, 0.25) is 0 Å². The van der Waals surface area contributed by atoms with Crippen LogP contribution in [0.15, 0.2) is 42.7 Å². The van der Waals surface area contributed by atoms with Crippen molar-refractivity contribution < 1.29 is 9.13 Å². The Bertz CT molecular complexity index is 1210. The first-order chi connectivity index (χ1) is 15.0. The van der Waals surface area contributed by atoms with Gasteiger partial charge in [-0.3, -0.25) is 4.68 Å². The third-order valence-corrected chi connectivity index (χ3v) is 5.58. The zero-order chi connectivity index (χ0) is 22.0. The Hall–Kier alpha value is -3.23. The lowest BCUT2D eigenvalue weighted by Crippen LogP contribution is -2.07. The van der Waals surface area contributed by atoms with Crippen LogP contribution in [0.2, 0.25) is 0 Å². The third-order valence-electron chi connectivity index (χ3n) is 5.58. The molecule has 0 aliphatic carbocycles. The number of rotatable bonds is 8. The predicted molar refractivity (Wildman–Crippen MR) is 118 cm³/mol. The molecule has 0 saturated carbocycles. The highest BCUT2D eigenvalue weighted by Crippen LogP contribution is 2.31. The summed E-state index contributed by atoms with van der Waals surface area (Å²) in [6.07, 6.45) is 5.19. The fourth-order valence-electron chi connectivity index (χ4n) is 3.85. The zero-order valence-electron chi connectivity index (χ0n) is 17.8. The fraction of sp³-hybridized carbons (Fsp3) is 0.304. The highest BCUT2D eigenvalue weighted by Gasteiger charge is 2.14. The molecule has 4 rings (SSSR count). The molecule has 0 amide bonds. The summed E-state index contributed by atoms with van der Waals surface area (Å²) in [4.78, 5) is 4.42. The first-order valence-corrected chi connectivity index (χ1v) is 10.3. The van der Waals surface area contributed by atoms with Gasteiger partial charge in [-0.05, 0) is 37.7 Å². The molecular weight excluding hydrogens is 395 g/mol. The number of hydrogen-bond acceptors (Lipinski definition) is 5. The van der Waals surface area contributed by atoms with Crippen LogP contribution in [0.4, 0.5) is 4.39 Å². The summed E-state index contributed by atoms with van der Waals surface area (Å²) in [5.74, 6) is 0.155. The van der Waals surface area contributed by atoms with Gasteiger partial charge >= 0.3 is 0 Å². The maximum Gasteiger partial charge on any atom is 0.136 e. The quantitative estimate of drug-likeness (QED) is 0.455. The number of ether oxygens (including phenoxy) is 1. The standard InChI is InChI=1S/C23H27FN6O/c1-15-19(21(12-26)28-29(15)2)8-10-31-22-11-17(24)4-5-20(22)16-3-6-23-27-13-18(7-9-25)30(23)14-16/h3-6,11,13-14H,7-10,12,25-26H2,1-2H3. The van der Waals surface area contributed by atoms with E-state index in [1.54, 1.807) is 6.07 Å². The van der Waals surface area contributed by atoms with E-state index < -0.39 is 0 Å². The lowest BCUT2D eigenvalue weighted by Gasteiger charge is -2.13. The topological polar surface area (TPSA) is 96.4 Å². The zero-order valence-corrected chi connectivity index (χ0v) is 17.8. The molecule has 0 radical (unpaired) electrons.